The number of rotatable bonds is 5. The molecule has 1 unspecified atom stereocenters. The van der Waals surface area contributed by atoms with Crippen molar-refractivity contribution in [3.8, 4) is 0 Å². The fraction of sp³-hybridized carbons (Fsp3) is 0.600. The van der Waals surface area contributed by atoms with Crippen LogP contribution in [0.1, 0.15) is 32.5 Å². The SMILES string of the molecule is CC(OCc1cncn1C(C)C)C(=O)O. The molecule has 0 aliphatic carbocycles. The zero-order valence-electron chi connectivity index (χ0n) is 9.17. The first-order chi connectivity index (χ1) is 7.02. The number of hydrogen-bond donors (Lipinski definition) is 1. The van der Waals surface area contributed by atoms with Crippen LogP contribution in [0.15, 0.2) is 12.5 Å². The summed E-state index contributed by atoms with van der Waals surface area (Å²) >= 11 is 0. The lowest BCUT2D eigenvalue weighted by atomic mass is 10.3. The first kappa shape index (κ1) is 11.7. The molecule has 0 aliphatic heterocycles. The third kappa shape index (κ3) is 3.06. The average molecular weight is 212 g/mol. The Morgan fingerprint density at radius 3 is 2.80 bits per heavy atom. The highest BCUT2D eigenvalue weighted by atomic mass is 16.5. The Labute approximate surface area is 88.7 Å². The van der Waals surface area contributed by atoms with E-state index in [1.165, 1.54) is 6.92 Å². The van der Waals surface area contributed by atoms with Crippen LogP contribution in [0.5, 0.6) is 0 Å². The van der Waals surface area contributed by atoms with Crippen molar-refractivity contribution < 1.29 is 14.6 Å². The maximum absolute atomic E-state index is 10.5. The van der Waals surface area contributed by atoms with Crippen LogP contribution in [0, 0.1) is 0 Å². The van der Waals surface area contributed by atoms with Gasteiger partial charge in [-0.1, -0.05) is 0 Å². The molecule has 1 aromatic heterocycles. The summed E-state index contributed by atoms with van der Waals surface area (Å²) in [5, 5.41) is 8.64. The van der Waals surface area contributed by atoms with E-state index in [1.807, 2.05) is 18.4 Å². The van der Waals surface area contributed by atoms with Gasteiger partial charge in [-0.3, -0.25) is 0 Å². The van der Waals surface area contributed by atoms with Gasteiger partial charge in [-0.05, 0) is 20.8 Å². The Balaban J connectivity index is 2.57. The van der Waals surface area contributed by atoms with Gasteiger partial charge in [-0.2, -0.15) is 0 Å². The number of hydrogen-bond acceptors (Lipinski definition) is 3. The molecule has 0 spiro atoms. The van der Waals surface area contributed by atoms with Crippen molar-refractivity contribution in [3.05, 3.63) is 18.2 Å². The van der Waals surface area contributed by atoms with Crippen LogP contribution in [-0.4, -0.2) is 26.7 Å². The molecule has 84 valence electrons. The van der Waals surface area contributed by atoms with Crippen LogP contribution in [-0.2, 0) is 16.1 Å². The number of carbonyl (C=O) groups is 1. The molecule has 1 N–H and O–H groups in total. The van der Waals surface area contributed by atoms with E-state index in [0.29, 0.717) is 6.04 Å². The second-order valence-corrected chi connectivity index (χ2v) is 3.68. The minimum atomic E-state index is -0.953. The van der Waals surface area contributed by atoms with Crippen LogP contribution >= 0.6 is 0 Å². The van der Waals surface area contributed by atoms with Crippen LogP contribution in [0.25, 0.3) is 0 Å². The minimum Gasteiger partial charge on any atom is -0.479 e. The Morgan fingerprint density at radius 2 is 2.27 bits per heavy atom. The summed E-state index contributed by atoms with van der Waals surface area (Å²) in [6.45, 7) is 5.85. The maximum atomic E-state index is 10.5. The lowest BCUT2D eigenvalue weighted by molar-refractivity contribution is -0.150. The molecule has 0 saturated heterocycles. The lowest BCUT2D eigenvalue weighted by Crippen LogP contribution is -2.20. The molecule has 0 radical (unpaired) electrons. The standard InChI is InChI=1S/C10H16N2O3/c1-7(2)12-6-11-4-9(12)5-15-8(3)10(13)14/h4,6-8H,5H2,1-3H3,(H,13,14). The number of nitrogens with zero attached hydrogens (tertiary/aromatic N) is 2. The molecule has 0 aliphatic rings. The topological polar surface area (TPSA) is 64.4 Å². The van der Waals surface area contributed by atoms with Crippen molar-refractivity contribution in [2.75, 3.05) is 0 Å². The second kappa shape index (κ2) is 4.93. The average Bonchev–Trinajstić information content (AvgIpc) is 2.61. The van der Waals surface area contributed by atoms with E-state index in [1.54, 1.807) is 12.5 Å². The Morgan fingerprint density at radius 1 is 1.60 bits per heavy atom. The van der Waals surface area contributed by atoms with Gasteiger partial charge in [0.05, 0.1) is 24.8 Å². The van der Waals surface area contributed by atoms with Gasteiger partial charge in [-0.25, -0.2) is 9.78 Å². The van der Waals surface area contributed by atoms with E-state index in [-0.39, 0.29) is 6.61 Å². The Kier molecular flexibility index (Phi) is 3.85. The van der Waals surface area contributed by atoms with Crippen molar-refractivity contribution >= 4 is 5.97 Å². The number of aromatic nitrogens is 2. The number of carboxylic acids is 1. The molecule has 5 nitrogen and oxygen atoms in total. The molecular weight excluding hydrogens is 196 g/mol. The first-order valence-corrected chi connectivity index (χ1v) is 4.87. The third-order valence-corrected chi connectivity index (χ3v) is 2.13. The highest BCUT2D eigenvalue weighted by molar-refractivity contribution is 5.71. The van der Waals surface area contributed by atoms with E-state index in [4.69, 9.17) is 9.84 Å². The summed E-state index contributed by atoms with van der Waals surface area (Å²) in [5.41, 5.74) is 0.887. The van der Waals surface area contributed by atoms with E-state index in [0.717, 1.165) is 5.69 Å². The smallest absolute Gasteiger partial charge is 0.332 e. The van der Waals surface area contributed by atoms with Crippen molar-refractivity contribution in [2.45, 2.75) is 39.5 Å². The summed E-state index contributed by atoms with van der Waals surface area (Å²) in [6, 6.07) is 0.297. The van der Waals surface area contributed by atoms with Crippen molar-refractivity contribution in [3.63, 3.8) is 0 Å². The second-order valence-electron chi connectivity index (χ2n) is 3.68. The zero-order valence-corrected chi connectivity index (χ0v) is 9.17. The molecular formula is C10H16N2O3. The molecule has 5 heteroatoms. The van der Waals surface area contributed by atoms with E-state index in [9.17, 15) is 4.79 Å². The Bertz CT molecular complexity index is 333. The van der Waals surface area contributed by atoms with Gasteiger partial charge in [-0.15, -0.1) is 0 Å². The molecule has 0 bridgehead atoms. The molecule has 1 aromatic rings. The molecule has 1 heterocycles. The summed E-state index contributed by atoms with van der Waals surface area (Å²) in [4.78, 5) is 14.5. The van der Waals surface area contributed by atoms with Gasteiger partial charge in [0.25, 0.3) is 0 Å². The molecule has 15 heavy (non-hydrogen) atoms. The number of ether oxygens (including phenoxy) is 1. The van der Waals surface area contributed by atoms with Crippen LogP contribution < -0.4 is 0 Å². The molecule has 1 rings (SSSR count). The number of imidazole rings is 1. The summed E-state index contributed by atoms with van der Waals surface area (Å²) < 4.78 is 7.13. The molecule has 1 atom stereocenters. The maximum Gasteiger partial charge on any atom is 0.332 e. The van der Waals surface area contributed by atoms with Crippen LogP contribution in [0.3, 0.4) is 0 Å². The van der Waals surface area contributed by atoms with Gasteiger partial charge in [0.1, 0.15) is 0 Å². The predicted octanol–water partition coefficient (Wildman–Crippen LogP) is 1.45. The van der Waals surface area contributed by atoms with Crippen LogP contribution in [0.4, 0.5) is 0 Å². The van der Waals surface area contributed by atoms with Crippen molar-refractivity contribution in [1.29, 1.82) is 0 Å². The fourth-order valence-electron chi connectivity index (χ4n) is 1.19. The van der Waals surface area contributed by atoms with Gasteiger partial charge < -0.3 is 14.4 Å². The zero-order chi connectivity index (χ0) is 11.4. The predicted molar refractivity (Wildman–Crippen MR) is 54.5 cm³/mol. The molecule has 0 aromatic carbocycles. The lowest BCUT2D eigenvalue weighted by Gasteiger charge is -2.13. The summed E-state index contributed by atoms with van der Waals surface area (Å²) in [7, 11) is 0. The quantitative estimate of drug-likeness (QED) is 0.802. The highest BCUT2D eigenvalue weighted by Crippen LogP contribution is 2.10. The molecule has 0 amide bonds. The van der Waals surface area contributed by atoms with Crippen LogP contribution in [0.2, 0.25) is 0 Å². The van der Waals surface area contributed by atoms with E-state index >= 15 is 0 Å². The van der Waals surface area contributed by atoms with Crippen molar-refractivity contribution in [1.82, 2.24) is 9.55 Å². The number of carboxylic acid groups (broad SMARTS) is 1. The Hall–Kier alpha value is -1.36. The minimum absolute atomic E-state index is 0.269. The van der Waals surface area contributed by atoms with E-state index < -0.39 is 12.1 Å². The van der Waals surface area contributed by atoms with Crippen molar-refractivity contribution in [2.24, 2.45) is 0 Å². The normalized spacial score (nSPS) is 13.1. The summed E-state index contributed by atoms with van der Waals surface area (Å²) in [6.07, 6.45) is 2.61. The molecule has 0 fully saturated rings. The van der Waals surface area contributed by atoms with Gasteiger partial charge in [0.15, 0.2) is 6.10 Å². The summed E-state index contributed by atoms with van der Waals surface area (Å²) in [5.74, 6) is -0.953. The first-order valence-electron chi connectivity index (χ1n) is 4.87. The van der Waals surface area contributed by atoms with Gasteiger partial charge in [0.2, 0.25) is 0 Å². The molecule has 0 saturated carbocycles. The number of aliphatic carboxylic acids is 1. The van der Waals surface area contributed by atoms with E-state index in [2.05, 4.69) is 4.98 Å². The third-order valence-electron chi connectivity index (χ3n) is 2.13. The largest absolute Gasteiger partial charge is 0.479 e. The monoisotopic (exact) mass is 212 g/mol. The van der Waals surface area contributed by atoms with Gasteiger partial charge in [0, 0.05) is 6.04 Å². The highest BCUT2D eigenvalue weighted by Gasteiger charge is 2.13. The van der Waals surface area contributed by atoms with Gasteiger partial charge >= 0.3 is 5.97 Å². The fourth-order valence-corrected chi connectivity index (χ4v) is 1.19.